The lowest BCUT2D eigenvalue weighted by Gasteiger charge is -2.09. The highest BCUT2D eigenvalue weighted by atomic mass is 32.2. The summed E-state index contributed by atoms with van der Waals surface area (Å²) < 4.78 is 23.9. The molecule has 0 amide bonds. The Balaban J connectivity index is 2.30. The van der Waals surface area contributed by atoms with E-state index in [0.717, 1.165) is 12.8 Å². The van der Waals surface area contributed by atoms with Gasteiger partial charge in [-0.05, 0) is 12.8 Å². The molecule has 1 aliphatic rings. The average molecular weight is 234 g/mol. The predicted molar refractivity (Wildman–Crippen MR) is 60.1 cm³/mol. The summed E-state index contributed by atoms with van der Waals surface area (Å²) in [5.41, 5.74) is 5.55. The van der Waals surface area contributed by atoms with Gasteiger partial charge in [-0.15, -0.1) is 0 Å². The predicted octanol–water partition coefficient (Wildman–Crippen LogP) is -1.06. The van der Waals surface area contributed by atoms with Crippen LogP contribution >= 0.6 is 0 Å². The fraction of sp³-hybridized carbons (Fsp3) is 0.875. The Labute approximate surface area is 90.6 Å². The number of hydrogen-bond acceptors (Lipinski definition) is 3. The summed E-state index contributed by atoms with van der Waals surface area (Å²) in [4.78, 5) is 3.95. The molecule has 0 unspecified atom stereocenters. The number of nitrogens with one attached hydrogen (secondary N) is 1. The van der Waals surface area contributed by atoms with E-state index >= 15 is 0 Å². The van der Waals surface area contributed by atoms with Gasteiger partial charge in [-0.3, -0.25) is 4.99 Å². The molecule has 15 heavy (non-hydrogen) atoms. The quantitative estimate of drug-likeness (QED) is 0.469. The smallest absolute Gasteiger partial charge is 0.215 e. The SMILES string of the molecule is CN(C)S(=O)(=O)CCN=C(N)NC1CC1. The van der Waals surface area contributed by atoms with Gasteiger partial charge in [-0.25, -0.2) is 12.7 Å². The zero-order valence-corrected chi connectivity index (χ0v) is 9.92. The molecule has 0 saturated heterocycles. The average Bonchev–Trinajstić information content (AvgIpc) is 2.87. The van der Waals surface area contributed by atoms with Crippen molar-refractivity contribution in [3.05, 3.63) is 0 Å². The zero-order valence-electron chi connectivity index (χ0n) is 9.10. The van der Waals surface area contributed by atoms with Crippen LogP contribution in [-0.2, 0) is 10.0 Å². The van der Waals surface area contributed by atoms with Gasteiger partial charge in [0.2, 0.25) is 10.0 Å². The normalized spacial score (nSPS) is 18.2. The fourth-order valence-corrected chi connectivity index (χ4v) is 1.63. The lowest BCUT2D eigenvalue weighted by molar-refractivity contribution is 0.521. The van der Waals surface area contributed by atoms with E-state index in [0.29, 0.717) is 12.0 Å². The Morgan fingerprint density at radius 3 is 2.60 bits per heavy atom. The molecule has 1 aliphatic carbocycles. The van der Waals surface area contributed by atoms with Crippen molar-refractivity contribution in [2.45, 2.75) is 18.9 Å². The van der Waals surface area contributed by atoms with Gasteiger partial charge in [0.25, 0.3) is 0 Å². The van der Waals surface area contributed by atoms with Gasteiger partial charge in [0.05, 0.1) is 12.3 Å². The first-order valence-corrected chi connectivity index (χ1v) is 6.49. The molecule has 0 aromatic carbocycles. The van der Waals surface area contributed by atoms with Crippen LogP contribution in [0.5, 0.6) is 0 Å². The van der Waals surface area contributed by atoms with Crippen LogP contribution in [0.15, 0.2) is 4.99 Å². The molecule has 0 bridgehead atoms. The Hall–Kier alpha value is -0.820. The third kappa shape index (κ3) is 4.48. The lowest BCUT2D eigenvalue weighted by atomic mass is 10.7. The molecule has 6 nitrogen and oxygen atoms in total. The van der Waals surface area contributed by atoms with Gasteiger partial charge in [0.15, 0.2) is 5.96 Å². The maximum absolute atomic E-state index is 11.3. The van der Waals surface area contributed by atoms with Crippen molar-refractivity contribution in [1.29, 1.82) is 0 Å². The van der Waals surface area contributed by atoms with E-state index in [2.05, 4.69) is 10.3 Å². The second kappa shape index (κ2) is 4.80. The van der Waals surface area contributed by atoms with Crippen LogP contribution in [-0.4, -0.2) is 51.1 Å². The molecular weight excluding hydrogens is 216 g/mol. The molecule has 0 atom stereocenters. The van der Waals surface area contributed by atoms with Crippen LogP contribution in [0.2, 0.25) is 0 Å². The molecule has 3 N–H and O–H groups in total. The number of hydrogen-bond donors (Lipinski definition) is 2. The van der Waals surface area contributed by atoms with Gasteiger partial charge >= 0.3 is 0 Å². The molecule has 1 fully saturated rings. The standard InChI is InChI=1S/C8H18N4O2S/c1-12(2)15(13,14)6-5-10-8(9)11-7-3-4-7/h7H,3-6H2,1-2H3,(H3,9,10,11). The van der Waals surface area contributed by atoms with E-state index < -0.39 is 10.0 Å². The first-order valence-electron chi connectivity index (χ1n) is 4.88. The Bertz CT molecular complexity index is 333. The van der Waals surface area contributed by atoms with E-state index in [1.165, 1.54) is 18.4 Å². The summed E-state index contributed by atoms with van der Waals surface area (Å²) in [7, 11) is -0.154. The highest BCUT2D eigenvalue weighted by Gasteiger charge is 2.21. The van der Waals surface area contributed by atoms with Crippen LogP contribution in [0.4, 0.5) is 0 Å². The number of nitrogens with two attached hydrogens (primary N) is 1. The summed E-state index contributed by atoms with van der Waals surface area (Å²) in [6.07, 6.45) is 2.23. The van der Waals surface area contributed by atoms with E-state index in [1.807, 2.05) is 0 Å². The molecule has 1 saturated carbocycles. The van der Waals surface area contributed by atoms with Crippen molar-refractivity contribution in [3.8, 4) is 0 Å². The van der Waals surface area contributed by atoms with Gasteiger partial charge in [-0.1, -0.05) is 0 Å². The maximum atomic E-state index is 11.3. The lowest BCUT2D eigenvalue weighted by Crippen LogP contribution is -2.34. The molecule has 0 aliphatic heterocycles. The molecule has 0 aromatic heterocycles. The van der Waals surface area contributed by atoms with E-state index in [9.17, 15) is 8.42 Å². The third-order valence-electron chi connectivity index (χ3n) is 2.12. The van der Waals surface area contributed by atoms with E-state index in [-0.39, 0.29) is 12.3 Å². The minimum atomic E-state index is -3.16. The van der Waals surface area contributed by atoms with Crippen molar-refractivity contribution >= 4 is 16.0 Å². The fourth-order valence-electron chi connectivity index (χ4n) is 0.946. The topological polar surface area (TPSA) is 87.8 Å². The van der Waals surface area contributed by atoms with Gasteiger partial charge in [0.1, 0.15) is 0 Å². The summed E-state index contributed by atoms with van der Waals surface area (Å²) in [5, 5.41) is 2.99. The third-order valence-corrected chi connectivity index (χ3v) is 3.93. The number of aliphatic imine (C=N–C) groups is 1. The van der Waals surface area contributed by atoms with Crippen molar-refractivity contribution in [2.24, 2.45) is 10.7 Å². The van der Waals surface area contributed by atoms with Crippen LogP contribution in [0.3, 0.4) is 0 Å². The number of rotatable bonds is 5. The van der Waals surface area contributed by atoms with Crippen LogP contribution in [0, 0.1) is 0 Å². The minimum absolute atomic E-state index is 0.00690. The second-order valence-corrected chi connectivity index (χ2v) is 6.09. The van der Waals surface area contributed by atoms with Gasteiger partial charge in [-0.2, -0.15) is 0 Å². The highest BCUT2D eigenvalue weighted by Crippen LogP contribution is 2.17. The first-order chi connectivity index (χ1) is 6.92. The Morgan fingerprint density at radius 1 is 1.53 bits per heavy atom. The Morgan fingerprint density at radius 2 is 2.13 bits per heavy atom. The summed E-state index contributed by atoms with van der Waals surface area (Å²) in [6, 6.07) is 0.444. The Kier molecular flexibility index (Phi) is 3.92. The van der Waals surface area contributed by atoms with E-state index in [1.54, 1.807) is 0 Å². The van der Waals surface area contributed by atoms with Crippen LogP contribution in [0.1, 0.15) is 12.8 Å². The number of guanidine groups is 1. The molecule has 0 spiro atoms. The summed E-state index contributed by atoms with van der Waals surface area (Å²) in [6.45, 7) is 0.200. The summed E-state index contributed by atoms with van der Waals surface area (Å²) in [5.74, 6) is 0.332. The zero-order chi connectivity index (χ0) is 11.5. The largest absolute Gasteiger partial charge is 0.370 e. The number of nitrogens with zero attached hydrogens (tertiary/aromatic N) is 2. The summed E-state index contributed by atoms with van der Waals surface area (Å²) >= 11 is 0. The first kappa shape index (κ1) is 12.3. The minimum Gasteiger partial charge on any atom is -0.370 e. The number of sulfonamides is 1. The monoisotopic (exact) mass is 234 g/mol. The molecule has 7 heteroatoms. The van der Waals surface area contributed by atoms with E-state index in [4.69, 9.17) is 5.73 Å². The molecule has 1 rings (SSSR count). The van der Waals surface area contributed by atoms with Crippen molar-refractivity contribution in [3.63, 3.8) is 0 Å². The maximum Gasteiger partial charge on any atom is 0.215 e. The van der Waals surface area contributed by atoms with Crippen LogP contribution in [0.25, 0.3) is 0 Å². The molecule has 88 valence electrons. The van der Waals surface area contributed by atoms with Crippen molar-refractivity contribution in [2.75, 3.05) is 26.4 Å². The molecule has 0 radical (unpaired) electrons. The highest BCUT2D eigenvalue weighted by molar-refractivity contribution is 7.89. The molecular formula is C8H18N4O2S. The molecule has 0 aromatic rings. The second-order valence-electron chi connectivity index (χ2n) is 3.78. The van der Waals surface area contributed by atoms with Gasteiger partial charge < -0.3 is 11.1 Å². The van der Waals surface area contributed by atoms with Crippen molar-refractivity contribution in [1.82, 2.24) is 9.62 Å². The molecule has 0 heterocycles. The van der Waals surface area contributed by atoms with Crippen molar-refractivity contribution < 1.29 is 8.42 Å². The van der Waals surface area contributed by atoms with Gasteiger partial charge in [0, 0.05) is 20.1 Å². The van der Waals surface area contributed by atoms with Crippen LogP contribution < -0.4 is 11.1 Å².